The topological polar surface area (TPSA) is 85.5 Å². The molecule has 3 heterocycles. The molecule has 9 heteroatoms. The molecule has 1 saturated heterocycles. The Labute approximate surface area is 153 Å². The van der Waals surface area contributed by atoms with Crippen LogP contribution < -0.4 is 4.90 Å². The molecule has 1 aromatic carbocycles. The van der Waals surface area contributed by atoms with Crippen molar-refractivity contribution >= 4 is 33.3 Å². The highest BCUT2D eigenvalue weighted by molar-refractivity contribution is 7.74. The van der Waals surface area contributed by atoms with E-state index in [-0.39, 0.29) is 6.04 Å². The molecule has 2 atom stereocenters. The number of rotatable bonds is 3. The number of hydrogen-bond donors (Lipinski definition) is 1. The second-order valence-corrected chi connectivity index (χ2v) is 7.30. The molecule has 0 saturated carbocycles. The van der Waals surface area contributed by atoms with Gasteiger partial charge in [-0.2, -0.15) is 14.3 Å². The number of nitrogens with zero attached hydrogens (tertiary/aromatic N) is 6. The molecule has 1 unspecified atom stereocenters. The number of ether oxygens (including phenoxy) is 1. The molecule has 0 bridgehead atoms. The van der Waals surface area contributed by atoms with Crippen molar-refractivity contribution in [2.24, 2.45) is 4.36 Å². The van der Waals surface area contributed by atoms with Gasteiger partial charge in [0.15, 0.2) is 5.82 Å². The molecule has 2 aromatic heterocycles. The number of fused-ring (bicyclic) bond motifs is 1. The molecule has 0 spiro atoms. The minimum Gasteiger partial charge on any atom is -0.377 e. The van der Waals surface area contributed by atoms with Crippen LogP contribution in [0.25, 0.3) is 17.0 Å². The summed E-state index contributed by atoms with van der Waals surface area (Å²) in [4.78, 5) is 15.8. The molecule has 0 aliphatic carbocycles. The summed E-state index contributed by atoms with van der Waals surface area (Å²) in [5, 5.41) is 0. The Kier molecular flexibility index (Phi) is 4.56. The van der Waals surface area contributed by atoms with Crippen molar-refractivity contribution in [3.05, 3.63) is 36.7 Å². The monoisotopic (exact) mass is 372 g/mol. The SMILES string of the molecule is C[C@@H]1COCCN1c1cc(/N=[SH](\C)=O)nc(-n2cnc3ccccc32)n1. The van der Waals surface area contributed by atoms with Gasteiger partial charge in [0.1, 0.15) is 12.1 Å². The third kappa shape index (κ3) is 3.27. The van der Waals surface area contributed by atoms with E-state index in [4.69, 9.17) is 9.72 Å². The van der Waals surface area contributed by atoms with Crippen LogP contribution in [0.4, 0.5) is 11.6 Å². The molecule has 136 valence electrons. The molecule has 1 aliphatic rings. The highest BCUT2D eigenvalue weighted by atomic mass is 32.2. The summed E-state index contributed by atoms with van der Waals surface area (Å²) in [5.41, 5.74) is 1.77. The smallest absolute Gasteiger partial charge is 0.239 e. The highest BCUT2D eigenvalue weighted by Crippen LogP contribution is 2.25. The minimum absolute atomic E-state index is 0.189. The van der Waals surface area contributed by atoms with Crippen LogP contribution in [0, 0.1) is 0 Å². The zero-order chi connectivity index (χ0) is 18.1. The van der Waals surface area contributed by atoms with Crippen molar-refractivity contribution < 1.29 is 8.95 Å². The van der Waals surface area contributed by atoms with E-state index in [1.165, 1.54) is 0 Å². The van der Waals surface area contributed by atoms with Crippen LogP contribution in [0.5, 0.6) is 0 Å². The van der Waals surface area contributed by atoms with Crippen LogP contribution in [0.1, 0.15) is 6.92 Å². The Hall–Kier alpha value is -2.52. The fraction of sp³-hybridized carbons (Fsp3) is 0.353. The lowest BCUT2D eigenvalue weighted by molar-refractivity contribution is 0.0985. The average molecular weight is 372 g/mol. The van der Waals surface area contributed by atoms with Crippen LogP contribution in [-0.4, -0.2) is 55.8 Å². The summed E-state index contributed by atoms with van der Waals surface area (Å²) in [7, 11) is -1.71. The second-order valence-electron chi connectivity index (χ2n) is 6.17. The van der Waals surface area contributed by atoms with Gasteiger partial charge in [-0.1, -0.05) is 12.1 Å². The first-order valence-electron chi connectivity index (χ1n) is 8.40. The van der Waals surface area contributed by atoms with E-state index in [2.05, 4.69) is 26.2 Å². The molecule has 3 aromatic rings. The van der Waals surface area contributed by atoms with E-state index in [1.54, 1.807) is 18.6 Å². The van der Waals surface area contributed by atoms with E-state index in [1.807, 2.05) is 28.8 Å². The number of benzene rings is 1. The Morgan fingerprint density at radius 1 is 1.31 bits per heavy atom. The van der Waals surface area contributed by atoms with E-state index < -0.39 is 10.6 Å². The standard InChI is InChI=1S/C17H20N6O2S/c1-12-10-25-8-7-22(12)16-9-15(21-26(2)24)19-17(20-16)23-11-18-13-5-3-4-6-14(13)23/h3-6,9,11-12,26H,7-8,10H2,1-2H3/t12-/m1/s1. The summed E-state index contributed by atoms with van der Waals surface area (Å²) < 4.78 is 23.1. The zero-order valence-corrected chi connectivity index (χ0v) is 15.5. The quantitative estimate of drug-likeness (QED) is 0.708. The summed E-state index contributed by atoms with van der Waals surface area (Å²) in [6.45, 7) is 4.11. The molecule has 0 amide bonds. The average Bonchev–Trinajstić information content (AvgIpc) is 3.05. The summed E-state index contributed by atoms with van der Waals surface area (Å²) in [5.74, 6) is 1.62. The third-order valence-corrected chi connectivity index (χ3v) is 4.75. The van der Waals surface area contributed by atoms with Gasteiger partial charge in [-0.15, -0.1) is 0 Å². The molecule has 4 rings (SSSR count). The molecular weight excluding hydrogens is 352 g/mol. The van der Waals surface area contributed by atoms with E-state index in [9.17, 15) is 4.21 Å². The number of morpholine rings is 1. The normalized spacial score (nSPS) is 19.2. The van der Waals surface area contributed by atoms with Gasteiger partial charge in [0, 0.05) is 29.5 Å². The van der Waals surface area contributed by atoms with E-state index in [0.29, 0.717) is 25.0 Å². The molecule has 0 N–H and O–H groups in total. The van der Waals surface area contributed by atoms with Crippen molar-refractivity contribution in [3.8, 4) is 5.95 Å². The van der Waals surface area contributed by atoms with Crippen molar-refractivity contribution in [2.45, 2.75) is 13.0 Å². The van der Waals surface area contributed by atoms with Gasteiger partial charge in [-0.05, 0) is 19.1 Å². The number of anilines is 1. The van der Waals surface area contributed by atoms with Crippen molar-refractivity contribution in [1.29, 1.82) is 0 Å². The Morgan fingerprint density at radius 3 is 2.96 bits per heavy atom. The lowest BCUT2D eigenvalue weighted by Crippen LogP contribution is -2.44. The fourth-order valence-electron chi connectivity index (χ4n) is 3.05. The van der Waals surface area contributed by atoms with Gasteiger partial charge >= 0.3 is 0 Å². The fourth-order valence-corrected chi connectivity index (χ4v) is 3.44. The number of hydrogen-bond acceptors (Lipinski definition) is 7. The van der Waals surface area contributed by atoms with Crippen molar-refractivity contribution in [3.63, 3.8) is 0 Å². The number of para-hydroxylation sites is 2. The Bertz CT molecular complexity index is 1030. The maximum absolute atomic E-state index is 11.6. The summed E-state index contributed by atoms with van der Waals surface area (Å²) in [6, 6.07) is 9.76. The molecular formula is C17H20N6O2S. The van der Waals surface area contributed by atoms with Crippen molar-refractivity contribution in [2.75, 3.05) is 30.9 Å². The first-order chi connectivity index (χ1) is 12.6. The van der Waals surface area contributed by atoms with Gasteiger partial charge < -0.3 is 9.64 Å². The second kappa shape index (κ2) is 7.00. The number of aromatic nitrogens is 4. The first kappa shape index (κ1) is 16.9. The Morgan fingerprint density at radius 2 is 2.15 bits per heavy atom. The van der Waals surface area contributed by atoms with Crippen LogP contribution >= 0.6 is 0 Å². The number of thiol groups is 1. The maximum atomic E-state index is 11.6. The molecule has 0 radical (unpaired) electrons. The van der Waals surface area contributed by atoms with Crippen LogP contribution in [-0.2, 0) is 15.3 Å². The zero-order valence-electron chi connectivity index (χ0n) is 14.6. The van der Waals surface area contributed by atoms with Crippen molar-refractivity contribution in [1.82, 2.24) is 19.5 Å². The van der Waals surface area contributed by atoms with Crippen LogP contribution in [0.2, 0.25) is 0 Å². The van der Waals surface area contributed by atoms with E-state index >= 15 is 0 Å². The molecule has 26 heavy (non-hydrogen) atoms. The van der Waals surface area contributed by atoms with Gasteiger partial charge in [0.05, 0.1) is 30.3 Å². The lowest BCUT2D eigenvalue weighted by atomic mass is 10.2. The van der Waals surface area contributed by atoms with Gasteiger partial charge in [0.2, 0.25) is 5.95 Å². The predicted molar refractivity (Wildman–Crippen MR) is 102 cm³/mol. The molecule has 1 aliphatic heterocycles. The van der Waals surface area contributed by atoms with Crippen LogP contribution in [0.3, 0.4) is 0 Å². The number of imidazole rings is 1. The van der Waals surface area contributed by atoms with Gasteiger partial charge in [-0.3, -0.25) is 8.78 Å². The first-order valence-corrected chi connectivity index (χ1v) is 10.1. The molecule has 1 fully saturated rings. The lowest BCUT2D eigenvalue weighted by Gasteiger charge is -2.34. The van der Waals surface area contributed by atoms with E-state index in [0.717, 1.165) is 23.4 Å². The predicted octanol–water partition coefficient (Wildman–Crippen LogP) is 1.97. The maximum Gasteiger partial charge on any atom is 0.239 e. The third-order valence-electron chi connectivity index (χ3n) is 4.26. The van der Waals surface area contributed by atoms with Gasteiger partial charge in [-0.25, -0.2) is 4.98 Å². The largest absolute Gasteiger partial charge is 0.377 e. The van der Waals surface area contributed by atoms with Gasteiger partial charge in [0.25, 0.3) is 0 Å². The Balaban J connectivity index is 1.87. The van der Waals surface area contributed by atoms with Crippen LogP contribution in [0.15, 0.2) is 41.0 Å². The minimum atomic E-state index is -1.71. The molecule has 8 nitrogen and oxygen atoms in total. The summed E-state index contributed by atoms with van der Waals surface area (Å²) in [6.07, 6.45) is 3.25. The summed E-state index contributed by atoms with van der Waals surface area (Å²) >= 11 is 0. The highest BCUT2D eigenvalue weighted by Gasteiger charge is 2.22.